The number of halogens is 1. The van der Waals surface area contributed by atoms with E-state index in [-0.39, 0.29) is 6.04 Å². The van der Waals surface area contributed by atoms with Gasteiger partial charge in [0.25, 0.3) is 0 Å². The van der Waals surface area contributed by atoms with Gasteiger partial charge in [-0.15, -0.1) is 0 Å². The molecule has 1 aliphatic carbocycles. The van der Waals surface area contributed by atoms with Gasteiger partial charge in [0.15, 0.2) is 0 Å². The van der Waals surface area contributed by atoms with Gasteiger partial charge in [-0.05, 0) is 59.9 Å². The maximum Gasteiger partial charge on any atom is 0.142 e. The number of rotatable bonds is 6. The van der Waals surface area contributed by atoms with Crippen molar-refractivity contribution in [2.45, 2.75) is 25.0 Å². The van der Waals surface area contributed by atoms with E-state index in [4.69, 9.17) is 25.8 Å². The summed E-state index contributed by atoms with van der Waals surface area (Å²) in [4.78, 5) is 0. The monoisotopic (exact) mass is 447 g/mol. The molecule has 2 aliphatic rings. The second-order valence-electron chi connectivity index (χ2n) is 8.22. The van der Waals surface area contributed by atoms with E-state index in [2.05, 4.69) is 29.6 Å². The Labute approximate surface area is 193 Å². The van der Waals surface area contributed by atoms with Crippen molar-refractivity contribution < 1.29 is 14.2 Å². The van der Waals surface area contributed by atoms with Gasteiger partial charge in [-0.3, -0.25) is 0 Å². The van der Waals surface area contributed by atoms with Gasteiger partial charge in [-0.1, -0.05) is 48.0 Å². The van der Waals surface area contributed by atoms with Crippen LogP contribution in [0.25, 0.3) is 0 Å². The van der Waals surface area contributed by atoms with Crippen LogP contribution in [0.15, 0.2) is 72.8 Å². The molecule has 5 heteroatoms. The molecule has 4 nitrogen and oxygen atoms in total. The standard InChI is InChI=1S/C27H26ClNO3/c1-30-23-14-15-24(31-2)27-25(23)21-4-3-5-22(21)26(29-27)18-8-12-20(13-9-18)32-16-17-6-10-19(28)11-7-17/h3-4,6-15,21-22,26,29H,5,16H2,1-2H3/t21-,22+,26+/m1/s1. The van der Waals surface area contributed by atoms with Gasteiger partial charge in [0.05, 0.1) is 25.9 Å². The third-order valence-electron chi connectivity index (χ3n) is 6.44. The van der Waals surface area contributed by atoms with E-state index in [9.17, 15) is 0 Å². The van der Waals surface area contributed by atoms with Gasteiger partial charge in [0.1, 0.15) is 23.9 Å². The van der Waals surface area contributed by atoms with Gasteiger partial charge in [-0.2, -0.15) is 0 Å². The van der Waals surface area contributed by atoms with Gasteiger partial charge < -0.3 is 19.5 Å². The molecule has 0 saturated heterocycles. The van der Waals surface area contributed by atoms with Crippen molar-refractivity contribution >= 4 is 17.3 Å². The summed E-state index contributed by atoms with van der Waals surface area (Å²) in [7, 11) is 3.44. The Hall–Kier alpha value is -3.11. The molecule has 0 aromatic heterocycles. The van der Waals surface area contributed by atoms with Crippen molar-refractivity contribution in [2.24, 2.45) is 5.92 Å². The Kier molecular flexibility index (Phi) is 5.71. The molecule has 5 rings (SSSR count). The molecule has 3 atom stereocenters. The maximum atomic E-state index is 5.97. The number of hydrogen-bond donors (Lipinski definition) is 1. The predicted molar refractivity (Wildman–Crippen MR) is 128 cm³/mol. The highest BCUT2D eigenvalue weighted by molar-refractivity contribution is 6.30. The molecule has 0 saturated carbocycles. The van der Waals surface area contributed by atoms with Crippen LogP contribution in [0.4, 0.5) is 5.69 Å². The molecule has 0 radical (unpaired) electrons. The highest BCUT2D eigenvalue weighted by atomic mass is 35.5. The number of methoxy groups -OCH3 is 2. The zero-order valence-corrected chi connectivity index (χ0v) is 18.9. The lowest BCUT2D eigenvalue weighted by Crippen LogP contribution is -2.29. The fraction of sp³-hybridized carbons (Fsp3) is 0.259. The lowest BCUT2D eigenvalue weighted by atomic mass is 9.76. The van der Waals surface area contributed by atoms with Crippen molar-refractivity contribution in [1.29, 1.82) is 0 Å². The van der Waals surface area contributed by atoms with Gasteiger partial charge in [0.2, 0.25) is 0 Å². The van der Waals surface area contributed by atoms with Gasteiger partial charge >= 0.3 is 0 Å². The topological polar surface area (TPSA) is 39.7 Å². The zero-order valence-electron chi connectivity index (χ0n) is 18.2. The predicted octanol–water partition coefficient (Wildman–Crippen LogP) is 6.76. The third kappa shape index (κ3) is 3.80. The minimum atomic E-state index is 0.175. The summed E-state index contributed by atoms with van der Waals surface area (Å²) in [5.41, 5.74) is 4.53. The Balaban J connectivity index is 1.39. The molecule has 0 fully saturated rings. The summed E-state index contributed by atoms with van der Waals surface area (Å²) >= 11 is 5.96. The first-order valence-electron chi connectivity index (χ1n) is 10.8. The van der Waals surface area contributed by atoms with E-state index in [0.717, 1.165) is 39.9 Å². The smallest absolute Gasteiger partial charge is 0.142 e. The molecule has 164 valence electrons. The summed E-state index contributed by atoms with van der Waals surface area (Å²) in [6.07, 6.45) is 5.61. The van der Waals surface area contributed by atoms with Crippen molar-refractivity contribution in [3.05, 3.63) is 94.5 Å². The first-order chi connectivity index (χ1) is 15.7. The van der Waals surface area contributed by atoms with E-state index in [1.807, 2.05) is 48.5 Å². The lowest BCUT2D eigenvalue weighted by Gasteiger charge is -2.38. The number of hydrogen-bond acceptors (Lipinski definition) is 4. The van der Waals surface area contributed by atoms with Crippen molar-refractivity contribution in [3.63, 3.8) is 0 Å². The molecule has 1 N–H and O–H groups in total. The highest BCUT2D eigenvalue weighted by Crippen LogP contribution is 2.55. The number of ether oxygens (including phenoxy) is 3. The Bertz CT molecular complexity index is 1120. The van der Waals surface area contributed by atoms with Crippen LogP contribution in [0.2, 0.25) is 5.02 Å². The van der Waals surface area contributed by atoms with E-state index in [1.54, 1.807) is 14.2 Å². The van der Waals surface area contributed by atoms with Crippen molar-refractivity contribution in [3.8, 4) is 17.2 Å². The Morgan fingerprint density at radius 1 is 0.906 bits per heavy atom. The zero-order chi connectivity index (χ0) is 22.1. The number of nitrogens with one attached hydrogen (secondary N) is 1. The summed E-state index contributed by atoms with van der Waals surface area (Å²) < 4.78 is 17.3. The van der Waals surface area contributed by atoms with Gasteiger partial charge in [-0.25, -0.2) is 0 Å². The minimum Gasteiger partial charge on any atom is -0.496 e. The van der Waals surface area contributed by atoms with Gasteiger partial charge in [0, 0.05) is 16.5 Å². The first kappa shape index (κ1) is 20.8. The van der Waals surface area contributed by atoms with Crippen molar-refractivity contribution in [1.82, 2.24) is 0 Å². The fourth-order valence-corrected chi connectivity index (χ4v) is 4.97. The third-order valence-corrected chi connectivity index (χ3v) is 6.69. The van der Waals surface area contributed by atoms with Crippen LogP contribution < -0.4 is 19.5 Å². The quantitative estimate of drug-likeness (QED) is 0.423. The van der Waals surface area contributed by atoms with E-state index in [0.29, 0.717) is 18.4 Å². The highest BCUT2D eigenvalue weighted by Gasteiger charge is 2.40. The first-order valence-corrected chi connectivity index (χ1v) is 11.2. The fourth-order valence-electron chi connectivity index (χ4n) is 4.85. The summed E-state index contributed by atoms with van der Waals surface area (Å²) in [6.45, 7) is 0.511. The molecular weight excluding hydrogens is 422 g/mol. The van der Waals surface area contributed by atoms with E-state index < -0.39 is 0 Å². The second kappa shape index (κ2) is 8.79. The van der Waals surface area contributed by atoms with Crippen LogP contribution in [0.5, 0.6) is 17.2 Å². The van der Waals surface area contributed by atoms with Crippen LogP contribution in [0.3, 0.4) is 0 Å². The minimum absolute atomic E-state index is 0.175. The SMILES string of the molecule is COc1ccc(OC)c2c1N[C@@H](c1ccc(OCc3ccc(Cl)cc3)cc1)[C@H]1CC=C[C@@H]21. The Morgan fingerprint density at radius 2 is 1.62 bits per heavy atom. The van der Waals surface area contributed by atoms with Crippen molar-refractivity contribution in [2.75, 3.05) is 19.5 Å². The van der Waals surface area contributed by atoms with Crippen LogP contribution >= 0.6 is 11.6 Å². The molecule has 3 aromatic carbocycles. The molecular formula is C27H26ClNO3. The largest absolute Gasteiger partial charge is 0.496 e. The average Bonchev–Trinajstić information content (AvgIpc) is 3.33. The normalized spacial score (nSPS) is 20.8. The molecule has 0 unspecified atom stereocenters. The number of allylic oxidation sites excluding steroid dienone is 2. The van der Waals surface area contributed by atoms with Crippen LogP contribution in [-0.2, 0) is 6.61 Å². The Morgan fingerprint density at radius 3 is 2.34 bits per heavy atom. The lowest BCUT2D eigenvalue weighted by molar-refractivity contribution is 0.306. The average molecular weight is 448 g/mol. The molecule has 0 amide bonds. The molecule has 3 aromatic rings. The summed E-state index contributed by atoms with van der Waals surface area (Å²) in [5, 5.41) is 4.49. The molecule has 1 heterocycles. The number of benzene rings is 3. The summed E-state index contributed by atoms with van der Waals surface area (Å²) in [5.74, 6) is 3.30. The molecule has 0 bridgehead atoms. The molecule has 0 spiro atoms. The number of fused-ring (bicyclic) bond motifs is 3. The second-order valence-corrected chi connectivity index (χ2v) is 8.65. The molecule has 1 aliphatic heterocycles. The maximum absolute atomic E-state index is 5.97. The van der Waals surface area contributed by atoms with Crippen LogP contribution in [0, 0.1) is 5.92 Å². The van der Waals surface area contributed by atoms with Crippen LogP contribution in [0.1, 0.15) is 35.1 Å². The molecule has 32 heavy (non-hydrogen) atoms. The summed E-state index contributed by atoms with van der Waals surface area (Å²) in [6, 6.07) is 20.3. The van der Waals surface area contributed by atoms with E-state index >= 15 is 0 Å². The number of anilines is 1. The van der Waals surface area contributed by atoms with E-state index in [1.165, 1.54) is 11.1 Å². The van der Waals surface area contributed by atoms with Crippen LogP contribution in [-0.4, -0.2) is 14.2 Å².